The Balaban J connectivity index is 0.000000151. The molecule has 0 saturated carbocycles. The van der Waals surface area contributed by atoms with Crippen molar-refractivity contribution in [1.29, 1.82) is 0 Å². The number of halogens is 2. The quantitative estimate of drug-likeness (QED) is 0.645. The molecule has 1 aromatic heterocycles. The van der Waals surface area contributed by atoms with Gasteiger partial charge in [-0.2, -0.15) is 0 Å². The van der Waals surface area contributed by atoms with E-state index in [1.54, 1.807) is 6.20 Å². The number of nitrogens with zero attached hydrogens (tertiary/aromatic N) is 1. The van der Waals surface area contributed by atoms with E-state index in [-0.39, 0.29) is 0 Å². The van der Waals surface area contributed by atoms with E-state index in [2.05, 4.69) is 4.98 Å². The maximum atomic E-state index is 11.9. The van der Waals surface area contributed by atoms with E-state index in [0.29, 0.717) is 0 Å². The van der Waals surface area contributed by atoms with Gasteiger partial charge in [0.25, 0.3) is 0 Å². The van der Waals surface area contributed by atoms with Crippen molar-refractivity contribution in [2.24, 2.45) is 0 Å². The lowest BCUT2D eigenvalue weighted by Gasteiger charge is -1.83. The number of pyridine rings is 1. The summed E-state index contributed by atoms with van der Waals surface area (Å²) in [4.78, 5) is 3.88. The maximum Gasteiger partial charge on any atom is 0.123 e. The SMILES string of the molecule is Cc1cccnc1.Fc1ccc(F)cc1. The standard InChI is InChI=1S/C6H4F2.C6H7N/c7-5-1-2-6(8)4-3-5;1-6-3-2-4-7-5-6/h1-4H;2-5H,1H3. The van der Waals surface area contributed by atoms with Gasteiger partial charge in [-0.1, -0.05) is 6.07 Å². The normalized spacial score (nSPS) is 9.00. The second-order valence-electron chi connectivity index (χ2n) is 2.97. The fourth-order valence-electron chi connectivity index (χ4n) is 0.878. The summed E-state index contributed by atoms with van der Waals surface area (Å²) in [7, 11) is 0. The van der Waals surface area contributed by atoms with Gasteiger partial charge < -0.3 is 0 Å². The smallest absolute Gasteiger partial charge is 0.123 e. The average molecular weight is 207 g/mol. The van der Waals surface area contributed by atoms with Crippen LogP contribution < -0.4 is 0 Å². The van der Waals surface area contributed by atoms with Crippen LogP contribution in [-0.2, 0) is 0 Å². The molecular formula is C12H11F2N. The summed E-state index contributed by atoms with van der Waals surface area (Å²) < 4.78 is 23.8. The van der Waals surface area contributed by atoms with Crippen LogP contribution in [0.1, 0.15) is 5.56 Å². The zero-order chi connectivity index (χ0) is 11.1. The first-order valence-corrected chi connectivity index (χ1v) is 4.46. The zero-order valence-corrected chi connectivity index (χ0v) is 8.32. The van der Waals surface area contributed by atoms with Crippen molar-refractivity contribution in [1.82, 2.24) is 4.98 Å². The van der Waals surface area contributed by atoms with Crippen LogP contribution in [0.5, 0.6) is 0 Å². The summed E-state index contributed by atoms with van der Waals surface area (Å²) >= 11 is 0. The second kappa shape index (κ2) is 5.86. The maximum absolute atomic E-state index is 11.9. The number of rotatable bonds is 0. The average Bonchev–Trinajstić information content (AvgIpc) is 2.25. The van der Waals surface area contributed by atoms with Gasteiger partial charge in [-0.05, 0) is 42.8 Å². The van der Waals surface area contributed by atoms with E-state index < -0.39 is 11.6 Å². The van der Waals surface area contributed by atoms with Crippen molar-refractivity contribution in [3.8, 4) is 0 Å². The van der Waals surface area contributed by atoms with Crippen LogP contribution in [0.4, 0.5) is 8.78 Å². The van der Waals surface area contributed by atoms with E-state index in [0.717, 1.165) is 24.3 Å². The van der Waals surface area contributed by atoms with Crippen molar-refractivity contribution in [3.05, 3.63) is 66.0 Å². The Morgan fingerprint density at radius 2 is 1.47 bits per heavy atom. The highest BCUT2D eigenvalue weighted by Gasteiger charge is 1.86. The first-order valence-electron chi connectivity index (χ1n) is 4.46. The minimum Gasteiger partial charge on any atom is -0.264 e. The van der Waals surface area contributed by atoms with Crippen molar-refractivity contribution < 1.29 is 8.78 Å². The first-order chi connectivity index (χ1) is 7.18. The van der Waals surface area contributed by atoms with Gasteiger partial charge in [0, 0.05) is 12.4 Å². The van der Waals surface area contributed by atoms with E-state index in [1.165, 1.54) is 5.56 Å². The van der Waals surface area contributed by atoms with E-state index in [9.17, 15) is 8.78 Å². The topological polar surface area (TPSA) is 12.9 Å². The fraction of sp³-hybridized carbons (Fsp3) is 0.0833. The number of aromatic nitrogens is 1. The predicted molar refractivity (Wildman–Crippen MR) is 55.3 cm³/mol. The molecule has 2 rings (SSSR count). The predicted octanol–water partition coefficient (Wildman–Crippen LogP) is 3.35. The van der Waals surface area contributed by atoms with Gasteiger partial charge in [0.2, 0.25) is 0 Å². The summed E-state index contributed by atoms with van der Waals surface area (Å²) in [6.07, 6.45) is 3.60. The first kappa shape index (κ1) is 11.3. The molecule has 0 aliphatic rings. The molecule has 0 spiro atoms. The highest BCUT2D eigenvalue weighted by Crippen LogP contribution is 1.98. The molecule has 2 aromatic rings. The molecule has 0 bridgehead atoms. The summed E-state index contributed by atoms with van der Waals surface area (Å²) in [6, 6.07) is 8.26. The number of hydrogen-bond acceptors (Lipinski definition) is 1. The van der Waals surface area contributed by atoms with Crippen molar-refractivity contribution in [2.45, 2.75) is 6.92 Å². The summed E-state index contributed by atoms with van der Waals surface area (Å²) in [5, 5.41) is 0. The largest absolute Gasteiger partial charge is 0.264 e. The fourth-order valence-corrected chi connectivity index (χ4v) is 0.878. The van der Waals surface area contributed by atoms with Crippen molar-refractivity contribution in [3.63, 3.8) is 0 Å². The molecule has 0 aliphatic heterocycles. The van der Waals surface area contributed by atoms with Gasteiger partial charge in [-0.25, -0.2) is 8.78 Å². The Hall–Kier alpha value is -1.77. The van der Waals surface area contributed by atoms with E-state index in [4.69, 9.17) is 0 Å². The van der Waals surface area contributed by atoms with Crippen LogP contribution in [-0.4, -0.2) is 4.98 Å². The molecule has 0 unspecified atom stereocenters. The van der Waals surface area contributed by atoms with Gasteiger partial charge in [0.05, 0.1) is 0 Å². The minimum atomic E-state index is -0.411. The molecule has 0 fully saturated rings. The van der Waals surface area contributed by atoms with Crippen LogP contribution in [0, 0.1) is 18.6 Å². The highest BCUT2D eigenvalue weighted by molar-refractivity contribution is 5.05. The molecule has 1 heterocycles. The van der Waals surface area contributed by atoms with E-state index in [1.807, 2.05) is 25.3 Å². The molecule has 0 saturated heterocycles. The molecular weight excluding hydrogens is 196 g/mol. The Morgan fingerprint density at radius 1 is 0.933 bits per heavy atom. The molecule has 0 atom stereocenters. The minimum absolute atomic E-state index is 0.411. The lowest BCUT2D eigenvalue weighted by Crippen LogP contribution is -1.72. The van der Waals surface area contributed by atoms with E-state index >= 15 is 0 Å². The van der Waals surface area contributed by atoms with Gasteiger partial charge in [0.15, 0.2) is 0 Å². The number of hydrogen-bond donors (Lipinski definition) is 0. The van der Waals surface area contributed by atoms with Crippen LogP contribution in [0.3, 0.4) is 0 Å². The van der Waals surface area contributed by atoms with Crippen LogP contribution in [0.15, 0.2) is 48.8 Å². The lowest BCUT2D eigenvalue weighted by atomic mass is 10.3. The Labute approximate surface area is 87.4 Å². The second-order valence-corrected chi connectivity index (χ2v) is 2.97. The van der Waals surface area contributed by atoms with Gasteiger partial charge in [-0.15, -0.1) is 0 Å². The third kappa shape index (κ3) is 4.86. The van der Waals surface area contributed by atoms with Gasteiger partial charge in [-0.3, -0.25) is 4.98 Å². The molecule has 0 aliphatic carbocycles. The van der Waals surface area contributed by atoms with Gasteiger partial charge in [0.1, 0.15) is 11.6 Å². The molecule has 0 radical (unpaired) electrons. The molecule has 15 heavy (non-hydrogen) atoms. The molecule has 0 N–H and O–H groups in total. The highest BCUT2D eigenvalue weighted by atomic mass is 19.1. The summed E-state index contributed by atoms with van der Waals surface area (Å²) in [6.45, 7) is 2.02. The molecule has 1 aromatic carbocycles. The Kier molecular flexibility index (Phi) is 4.41. The van der Waals surface area contributed by atoms with Crippen molar-refractivity contribution in [2.75, 3.05) is 0 Å². The lowest BCUT2D eigenvalue weighted by molar-refractivity contribution is 0.600. The molecule has 0 amide bonds. The molecule has 3 heteroatoms. The number of aryl methyl sites for hydroxylation is 1. The third-order valence-corrected chi connectivity index (χ3v) is 1.61. The Bertz CT molecular complexity index is 363. The number of benzene rings is 1. The van der Waals surface area contributed by atoms with Crippen LogP contribution >= 0.6 is 0 Å². The van der Waals surface area contributed by atoms with Crippen molar-refractivity contribution >= 4 is 0 Å². The van der Waals surface area contributed by atoms with Crippen LogP contribution in [0.25, 0.3) is 0 Å². The monoisotopic (exact) mass is 207 g/mol. The third-order valence-electron chi connectivity index (χ3n) is 1.61. The summed E-state index contributed by atoms with van der Waals surface area (Å²) in [5.41, 5.74) is 1.21. The Morgan fingerprint density at radius 3 is 1.73 bits per heavy atom. The summed E-state index contributed by atoms with van der Waals surface area (Å²) in [5.74, 6) is -0.821. The van der Waals surface area contributed by atoms with Gasteiger partial charge >= 0.3 is 0 Å². The molecule has 1 nitrogen and oxygen atoms in total. The zero-order valence-electron chi connectivity index (χ0n) is 8.32. The van der Waals surface area contributed by atoms with Crippen LogP contribution in [0.2, 0.25) is 0 Å². The molecule has 78 valence electrons.